The molecule has 1 aromatic carbocycles. The minimum Gasteiger partial charge on any atom is -0.425 e. The first-order chi connectivity index (χ1) is 11.6. The summed E-state index contributed by atoms with van der Waals surface area (Å²) < 4.78 is 19.6. The number of hydrogen-bond acceptors (Lipinski definition) is 5. The fourth-order valence-corrected chi connectivity index (χ4v) is 3.31. The monoisotopic (exact) mass is 328 g/mol. The molecule has 2 atom stereocenters. The Hall–Kier alpha value is -2.26. The molecule has 0 spiro atoms. The zero-order valence-electron chi connectivity index (χ0n) is 14.0. The van der Waals surface area contributed by atoms with Gasteiger partial charge in [0.2, 0.25) is 11.8 Å². The first-order valence-corrected chi connectivity index (χ1v) is 8.37. The number of piperidine rings is 1. The van der Waals surface area contributed by atoms with Gasteiger partial charge in [0.1, 0.15) is 11.9 Å². The first-order valence-electron chi connectivity index (χ1n) is 8.37. The van der Waals surface area contributed by atoms with Gasteiger partial charge < -0.3 is 4.42 Å². The van der Waals surface area contributed by atoms with E-state index in [4.69, 9.17) is 9.68 Å². The lowest BCUT2D eigenvalue weighted by atomic mass is 9.89. The third kappa shape index (κ3) is 3.31. The van der Waals surface area contributed by atoms with Gasteiger partial charge >= 0.3 is 0 Å². The highest BCUT2D eigenvalue weighted by Crippen LogP contribution is 2.32. The van der Waals surface area contributed by atoms with Crippen LogP contribution in [0.3, 0.4) is 0 Å². The van der Waals surface area contributed by atoms with E-state index in [1.807, 2.05) is 19.1 Å². The van der Waals surface area contributed by atoms with Gasteiger partial charge in [-0.25, -0.2) is 4.39 Å². The molecule has 0 bridgehead atoms. The summed E-state index contributed by atoms with van der Waals surface area (Å²) in [5.41, 5.74) is 0.958. The van der Waals surface area contributed by atoms with Crippen molar-refractivity contribution >= 4 is 0 Å². The maximum atomic E-state index is 13.8. The number of rotatable bonds is 4. The van der Waals surface area contributed by atoms with Gasteiger partial charge in [-0.15, -0.1) is 10.2 Å². The summed E-state index contributed by atoms with van der Waals surface area (Å²) in [4.78, 5) is 2.31. The van der Waals surface area contributed by atoms with Crippen molar-refractivity contribution in [3.8, 4) is 6.07 Å². The molecule has 0 saturated carbocycles. The smallest absolute Gasteiger partial charge is 0.221 e. The van der Waals surface area contributed by atoms with Crippen molar-refractivity contribution in [1.29, 1.82) is 5.26 Å². The summed E-state index contributed by atoms with van der Waals surface area (Å²) in [6.45, 7) is 5.75. The molecule has 126 valence electrons. The van der Waals surface area contributed by atoms with Crippen LogP contribution in [0.15, 0.2) is 22.6 Å². The number of hydrogen-bond donors (Lipinski definition) is 0. The first kappa shape index (κ1) is 16.6. The third-order valence-corrected chi connectivity index (χ3v) is 4.76. The number of halogens is 1. The van der Waals surface area contributed by atoms with Crippen molar-refractivity contribution in [3.05, 3.63) is 46.9 Å². The second kappa shape index (κ2) is 7.10. The molecule has 2 heterocycles. The average molecular weight is 328 g/mol. The van der Waals surface area contributed by atoms with Crippen LogP contribution < -0.4 is 0 Å². The van der Waals surface area contributed by atoms with E-state index in [9.17, 15) is 4.39 Å². The fourth-order valence-electron chi connectivity index (χ4n) is 3.31. The van der Waals surface area contributed by atoms with Gasteiger partial charge in [0, 0.05) is 19.0 Å². The Morgan fingerprint density at radius 2 is 2.25 bits per heavy atom. The summed E-state index contributed by atoms with van der Waals surface area (Å²) in [6, 6.07) is 6.91. The maximum absolute atomic E-state index is 13.8. The van der Waals surface area contributed by atoms with E-state index in [1.54, 1.807) is 6.07 Å². The average Bonchev–Trinajstić information content (AvgIpc) is 3.06. The SMILES string of the molecule is CCc1nnc([C@H]2CCCN(Cc3ccc(C#N)c(F)c3)[C@H]2C)o1. The van der Waals surface area contributed by atoms with Crippen molar-refractivity contribution < 1.29 is 8.81 Å². The zero-order chi connectivity index (χ0) is 17.1. The summed E-state index contributed by atoms with van der Waals surface area (Å²) in [7, 11) is 0. The molecule has 1 fully saturated rings. The number of benzene rings is 1. The molecule has 0 unspecified atom stereocenters. The minimum atomic E-state index is -0.458. The highest BCUT2D eigenvalue weighted by Gasteiger charge is 2.32. The largest absolute Gasteiger partial charge is 0.425 e. The lowest BCUT2D eigenvalue weighted by Gasteiger charge is -2.37. The van der Waals surface area contributed by atoms with Gasteiger partial charge in [0.25, 0.3) is 0 Å². The Balaban J connectivity index is 1.74. The van der Waals surface area contributed by atoms with Crippen LogP contribution in [-0.4, -0.2) is 27.7 Å². The van der Waals surface area contributed by atoms with E-state index in [2.05, 4.69) is 22.0 Å². The van der Waals surface area contributed by atoms with Crippen molar-refractivity contribution in [2.24, 2.45) is 0 Å². The molecule has 1 aliphatic rings. The fraction of sp³-hybridized carbons (Fsp3) is 0.500. The molecule has 1 aromatic heterocycles. The van der Waals surface area contributed by atoms with Crippen molar-refractivity contribution in [2.45, 2.75) is 51.6 Å². The number of aromatic nitrogens is 2. The van der Waals surface area contributed by atoms with E-state index in [0.717, 1.165) is 31.4 Å². The molecule has 24 heavy (non-hydrogen) atoms. The minimum absolute atomic E-state index is 0.0845. The molecule has 3 rings (SSSR count). The molecular formula is C18H21FN4O. The number of nitrogens with zero attached hydrogens (tertiary/aromatic N) is 4. The predicted octanol–water partition coefficient (Wildman–Crippen LogP) is 3.41. The third-order valence-electron chi connectivity index (χ3n) is 4.76. The van der Waals surface area contributed by atoms with Crippen LogP contribution in [0.2, 0.25) is 0 Å². The number of nitriles is 1. The van der Waals surface area contributed by atoms with E-state index in [0.29, 0.717) is 18.3 Å². The maximum Gasteiger partial charge on any atom is 0.221 e. The Morgan fingerprint density at radius 1 is 1.42 bits per heavy atom. The topological polar surface area (TPSA) is 66.0 Å². The molecule has 2 aromatic rings. The highest BCUT2D eigenvalue weighted by atomic mass is 19.1. The lowest BCUT2D eigenvalue weighted by Crippen LogP contribution is -2.41. The molecular weight excluding hydrogens is 307 g/mol. The van der Waals surface area contributed by atoms with Gasteiger partial charge in [-0.3, -0.25) is 4.90 Å². The number of likely N-dealkylation sites (tertiary alicyclic amines) is 1. The van der Waals surface area contributed by atoms with E-state index >= 15 is 0 Å². The van der Waals surface area contributed by atoms with Crippen LogP contribution in [0, 0.1) is 17.1 Å². The van der Waals surface area contributed by atoms with Crippen LogP contribution in [0.1, 0.15) is 55.5 Å². The van der Waals surface area contributed by atoms with Crippen LogP contribution in [0.4, 0.5) is 4.39 Å². The van der Waals surface area contributed by atoms with Gasteiger partial charge in [0.15, 0.2) is 0 Å². The Labute approximate surface area is 141 Å². The quantitative estimate of drug-likeness (QED) is 0.860. The molecule has 5 nitrogen and oxygen atoms in total. The molecule has 1 saturated heterocycles. The molecule has 0 amide bonds. The summed E-state index contributed by atoms with van der Waals surface area (Å²) in [6.07, 6.45) is 2.80. The predicted molar refractivity (Wildman–Crippen MR) is 86.6 cm³/mol. The second-order valence-corrected chi connectivity index (χ2v) is 6.27. The number of aryl methyl sites for hydroxylation is 1. The molecule has 1 aliphatic heterocycles. The summed E-state index contributed by atoms with van der Waals surface area (Å²) in [5, 5.41) is 17.1. The van der Waals surface area contributed by atoms with Gasteiger partial charge in [-0.1, -0.05) is 13.0 Å². The lowest BCUT2D eigenvalue weighted by molar-refractivity contribution is 0.118. The van der Waals surface area contributed by atoms with Crippen LogP contribution >= 0.6 is 0 Å². The van der Waals surface area contributed by atoms with Crippen molar-refractivity contribution in [2.75, 3.05) is 6.54 Å². The summed E-state index contributed by atoms with van der Waals surface area (Å²) >= 11 is 0. The Kier molecular flexibility index (Phi) is 4.91. The van der Waals surface area contributed by atoms with E-state index in [1.165, 1.54) is 6.07 Å². The standard InChI is InChI=1S/C18H21FN4O/c1-3-17-21-22-18(24-17)15-5-4-8-23(12(15)2)11-13-6-7-14(10-20)16(19)9-13/h6-7,9,12,15H,3-5,8,11H2,1-2H3/t12-,15-/m0/s1. The Bertz CT molecular complexity index is 752. The molecule has 0 N–H and O–H groups in total. The Morgan fingerprint density at radius 3 is 2.92 bits per heavy atom. The molecule has 6 heteroatoms. The molecule has 0 radical (unpaired) electrons. The van der Waals surface area contributed by atoms with E-state index in [-0.39, 0.29) is 17.5 Å². The second-order valence-electron chi connectivity index (χ2n) is 6.27. The normalized spacial score (nSPS) is 21.6. The van der Waals surface area contributed by atoms with Crippen LogP contribution in [0.25, 0.3) is 0 Å². The van der Waals surface area contributed by atoms with Gasteiger partial charge in [0.05, 0.1) is 11.5 Å². The van der Waals surface area contributed by atoms with Crippen LogP contribution in [0.5, 0.6) is 0 Å². The molecule has 0 aliphatic carbocycles. The van der Waals surface area contributed by atoms with Crippen molar-refractivity contribution in [1.82, 2.24) is 15.1 Å². The summed E-state index contributed by atoms with van der Waals surface area (Å²) in [5.74, 6) is 1.12. The van der Waals surface area contributed by atoms with E-state index < -0.39 is 5.82 Å². The van der Waals surface area contributed by atoms with Gasteiger partial charge in [-0.2, -0.15) is 5.26 Å². The van der Waals surface area contributed by atoms with Gasteiger partial charge in [-0.05, 0) is 44.0 Å². The zero-order valence-corrected chi connectivity index (χ0v) is 14.0. The van der Waals surface area contributed by atoms with Crippen LogP contribution in [-0.2, 0) is 13.0 Å². The van der Waals surface area contributed by atoms with Crippen molar-refractivity contribution in [3.63, 3.8) is 0 Å². The highest BCUT2D eigenvalue weighted by molar-refractivity contribution is 5.33.